The van der Waals surface area contributed by atoms with E-state index in [-0.39, 0.29) is 27.6 Å². The molecule has 198 valence electrons. The van der Waals surface area contributed by atoms with Gasteiger partial charge in [-0.2, -0.15) is 0 Å². The van der Waals surface area contributed by atoms with Crippen LogP contribution in [0.5, 0.6) is 0 Å². The van der Waals surface area contributed by atoms with Crippen molar-refractivity contribution in [3.63, 3.8) is 0 Å². The van der Waals surface area contributed by atoms with Crippen LogP contribution in [0.2, 0.25) is 0 Å². The van der Waals surface area contributed by atoms with Gasteiger partial charge in [0.15, 0.2) is 5.13 Å². The molecule has 3 fully saturated rings. The van der Waals surface area contributed by atoms with E-state index in [4.69, 9.17) is 10.7 Å². The van der Waals surface area contributed by atoms with Gasteiger partial charge in [-0.05, 0) is 97.2 Å². The van der Waals surface area contributed by atoms with Gasteiger partial charge in [0, 0.05) is 10.3 Å². The van der Waals surface area contributed by atoms with E-state index >= 15 is 0 Å². The first-order valence-corrected chi connectivity index (χ1v) is 15.2. The number of hydrogen-bond acceptors (Lipinski definition) is 4. The van der Waals surface area contributed by atoms with Gasteiger partial charge in [-0.15, -0.1) is 11.3 Å². The number of carbonyl (C=O) groups is 1. The molecule has 0 bridgehead atoms. The summed E-state index contributed by atoms with van der Waals surface area (Å²) in [4.78, 5) is 19.1. The highest BCUT2D eigenvalue weighted by atomic mass is 32.1. The van der Waals surface area contributed by atoms with E-state index in [0.29, 0.717) is 28.8 Å². The number of thiazole rings is 1. The Hall–Kier alpha value is -1.36. The zero-order valence-corrected chi connectivity index (χ0v) is 24.2. The van der Waals surface area contributed by atoms with Gasteiger partial charge in [0.2, 0.25) is 0 Å². The number of fused-ring (bicyclic) bond motifs is 8. The van der Waals surface area contributed by atoms with E-state index in [1.54, 1.807) is 11.3 Å². The van der Waals surface area contributed by atoms with Crippen LogP contribution in [0.4, 0.5) is 5.13 Å². The Morgan fingerprint density at radius 3 is 2.47 bits per heavy atom. The van der Waals surface area contributed by atoms with Gasteiger partial charge in [-0.3, -0.25) is 4.79 Å². The molecule has 3 saturated carbocycles. The normalized spacial score (nSPS) is 49.0. The molecule has 4 nitrogen and oxygen atoms in total. The lowest BCUT2D eigenvalue weighted by Gasteiger charge is -2.70. The van der Waals surface area contributed by atoms with E-state index in [1.807, 2.05) is 0 Å². The zero-order valence-electron chi connectivity index (χ0n) is 23.4. The Balaban J connectivity index is 1.48. The summed E-state index contributed by atoms with van der Waals surface area (Å²) in [7, 11) is 0. The lowest BCUT2D eigenvalue weighted by atomic mass is 9.33. The highest BCUT2D eigenvalue weighted by molar-refractivity contribution is 7.15. The second-order valence-electron chi connectivity index (χ2n) is 14.8. The maximum absolute atomic E-state index is 12.9. The third-order valence-electron chi connectivity index (χ3n) is 13.4. The van der Waals surface area contributed by atoms with E-state index in [0.717, 1.165) is 38.5 Å². The SMILES string of the molecule is CC1CCC2(C(=O)O)CCC3(C)C(=CCC4C5(C)Cc6sc(N)nc6C(C)(C)C5CCC43C)C2C1C. The fourth-order valence-corrected chi connectivity index (χ4v) is 12.3. The van der Waals surface area contributed by atoms with E-state index in [9.17, 15) is 9.90 Å². The predicted octanol–water partition coefficient (Wildman–Crippen LogP) is 7.48. The van der Waals surface area contributed by atoms with Gasteiger partial charge in [0.05, 0.1) is 11.1 Å². The van der Waals surface area contributed by atoms with Crippen molar-refractivity contribution in [2.45, 2.75) is 105 Å². The second-order valence-corrected chi connectivity index (χ2v) is 15.9. The van der Waals surface area contributed by atoms with Crippen molar-refractivity contribution in [2.24, 2.45) is 51.2 Å². The number of aliphatic carboxylic acids is 1. The van der Waals surface area contributed by atoms with Crippen molar-refractivity contribution >= 4 is 22.4 Å². The van der Waals surface area contributed by atoms with Gasteiger partial charge >= 0.3 is 5.97 Å². The van der Waals surface area contributed by atoms with Crippen LogP contribution in [0.1, 0.15) is 104 Å². The summed E-state index contributed by atoms with van der Waals surface area (Å²) in [5.74, 6) is 1.81. The average molecular weight is 511 g/mol. The molecule has 0 radical (unpaired) electrons. The average Bonchev–Trinajstić information content (AvgIpc) is 3.17. The summed E-state index contributed by atoms with van der Waals surface area (Å²) < 4.78 is 0. The van der Waals surface area contributed by atoms with Crippen molar-refractivity contribution < 1.29 is 9.90 Å². The third kappa shape index (κ3) is 2.77. The molecule has 0 saturated heterocycles. The third-order valence-corrected chi connectivity index (χ3v) is 14.3. The minimum atomic E-state index is -0.566. The number of carboxylic acids is 1. The number of anilines is 1. The molecule has 5 aliphatic rings. The first-order valence-electron chi connectivity index (χ1n) is 14.4. The predicted molar refractivity (Wildman–Crippen MR) is 147 cm³/mol. The van der Waals surface area contributed by atoms with Gasteiger partial charge < -0.3 is 10.8 Å². The molecule has 5 heteroatoms. The molecule has 5 aliphatic carbocycles. The molecule has 36 heavy (non-hydrogen) atoms. The van der Waals surface area contributed by atoms with Gasteiger partial charge in [0.1, 0.15) is 0 Å². The minimum Gasteiger partial charge on any atom is -0.481 e. The first kappa shape index (κ1) is 24.9. The maximum atomic E-state index is 12.9. The number of allylic oxidation sites excluding steroid dienone is 2. The van der Waals surface area contributed by atoms with Crippen molar-refractivity contribution in [3.8, 4) is 0 Å². The lowest BCUT2D eigenvalue weighted by molar-refractivity contribution is -0.179. The van der Waals surface area contributed by atoms with Crippen LogP contribution in [0.25, 0.3) is 0 Å². The van der Waals surface area contributed by atoms with Gasteiger partial charge in [-0.25, -0.2) is 4.98 Å². The Morgan fingerprint density at radius 1 is 1.06 bits per heavy atom. The molecule has 0 spiro atoms. The number of rotatable bonds is 1. The first-order chi connectivity index (χ1) is 16.7. The molecule has 0 aromatic carbocycles. The Kier molecular flexibility index (Phi) is 5.12. The van der Waals surface area contributed by atoms with Crippen LogP contribution in [0.3, 0.4) is 0 Å². The van der Waals surface area contributed by atoms with Crippen LogP contribution in [0, 0.1) is 51.2 Å². The highest BCUT2D eigenvalue weighted by Crippen LogP contribution is 2.75. The number of nitrogen functional groups attached to an aromatic ring is 1. The fourth-order valence-electron chi connectivity index (χ4n) is 11.2. The van der Waals surface area contributed by atoms with Crippen molar-refractivity contribution in [3.05, 3.63) is 22.2 Å². The van der Waals surface area contributed by atoms with E-state index in [1.165, 1.54) is 29.0 Å². The zero-order chi connectivity index (χ0) is 26.1. The summed E-state index contributed by atoms with van der Waals surface area (Å²) in [5, 5.41) is 11.3. The van der Waals surface area contributed by atoms with E-state index < -0.39 is 11.4 Å². The number of aromatic nitrogens is 1. The van der Waals surface area contributed by atoms with Crippen molar-refractivity contribution in [1.82, 2.24) is 4.98 Å². The highest BCUT2D eigenvalue weighted by Gasteiger charge is 2.69. The smallest absolute Gasteiger partial charge is 0.310 e. The standard InChI is InChI=1S/C31H46N2O2S/c1-17-10-13-31(25(34)35)15-14-29(6)19(23(31)18(17)2)8-9-22-28(5)16-20-24(33-26(32)36-20)27(3,4)21(28)11-12-30(22,29)7/h8,17-18,21-23H,9-16H2,1-7H3,(H2,32,33)(H,34,35). The molecule has 1 aromatic rings. The number of nitrogens with two attached hydrogens (primary N) is 1. The molecular weight excluding hydrogens is 464 g/mol. The Labute approximate surface area is 221 Å². The molecule has 3 N–H and O–H groups in total. The van der Waals surface area contributed by atoms with Crippen LogP contribution >= 0.6 is 11.3 Å². The Morgan fingerprint density at radius 2 is 1.78 bits per heavy atom. The van der Waals surface area contributed by atoms with Crippen LogP contribution in [0.15, 0.2) is 11.6 Å². The molecule has 1 aromatic heterocycles. The molecule has 0 amide bonds. The number of hydrogen-bond donors (Lipinski definition) is 2. The maximum Gasteiger partial charge on any atom is 0.310 e. The number of nitrogens with zero attached hydrogens (tertiary/aromatic N) is 1. The largest absolute Gasteiger partial charge is 0.481 e. The topological polar surface area (TPSA) is 76.2 Å². The van der Waals surface area contributed by atoms with Gasteiger partial charge in [0.25, 0.3) is 0 Å². The number of carboxylic acid groups (broad SMARTS) is 1. The summed E-state index contributed by atoms with van der Waals surface area (Å²) in [6.45, 7) is 17.2. The summed E-state index contributed by atoms with van der Waals surface area (Å²) in [6.07, 6.45) is 10.9. The summed E-state index contributed by atoms with van der Waals surface area (Å²) in [6, 6.07) is 0. The quantitative estimate of drug-likeness (QED) is 0.384. The Bertz CT molecular complexity index is 1150. The van der Waals surface area contributed by atoms with Crippen LogP contribution in [-0.4, -0.2) is 16.1 Å². The molecular formula is C31H46N2O2S. The summed E-state index contributed by atoms with van der Waals surface area (Å²) in [5.41, 5.74) is 8.93. The molecule has 9 atom stereocenters. The monoisotopic (exact) mass is 510 g/mol. The van der Waals surface area contributed by atoms with E-state index in [2.05, 4.69) is 54.5 Å². The van der Waals surface area contributed by atoms with Crippen molar-refractivity contribution in [1.29, 1.82) is 0 Å². The van der Waals surface area contributed by atoms with Gasteiger partial charge in [-0.1, -0.05) is 60.1 Å². The summed E-state index contributed by atoms with van der Waals surface area (Å²) >= 11 is 1.71. The second kappa shape index (κ2) is 7.39. The lowest BCUT2D eigenvalue weighted by Crippen LogP contribution is -2.65. The molecule has 0 aliphatic heterocycles. The molecule has 9 unspecified atom stereocenters. The van der Waals surface area contributed by atoms with Crippen LogP contribution in [-0.2, 0) is 16.6 Å². The minimum absolute atomic E-state index is 0.0288. The molecule has 6 rings (SSSR count). The van der Waals surface area contributed by atoms with Crippen LogP contribution < -0.4 is 5.73 Å². The molecule has 1 heterocycles. The fraction of sp³-hybridized carbons (Fsp3) is 0.806. The van der Waals surface area contributed by atoms with Crippen molar-refractivity contribution in [2.75, 3.05) is 5.73 Å².